The van der Waals surface area contributed by atoms with Crippen molar-refractivity contribution in [1.29, 1.82) is 0 Å². The molecule has 0 atom stereocenters. The van der Waals surface area contributed by atoms with Crippen LogP contribution in [-0.4, -0.2) is 26.1 Å². The monoisotopic (exact) mass is 341 g/mol. The molecule has 0 unspecified atom stereocenters. The van der Waals surface area contributed by atoms with E-state index in [4.69, 9.17) is 0 Å². The van der Waals surface area contributed by atoms with Gasteiger partial charge in [-0.3, -0.25) is 0 Å². The van der Waals surface area contributed by atoms with Gasteiger partial charge in [0.05, 0.1) is 15.9 Å². The number of benzene rings is 1. The Morgan fingerprint density at radius 3 is 2.55 bits per heavy atom. The van der Waals surface area contributed by atoms with Crippen molar-refractivity contribution in [3.05, 3.63) is 39.9 Å². The number of hydrogen-bond donors (Lipinski definition) is 1. The van der Waals surface area contributed by atoms with Gasteiger partial charge in [-0.05, 0) is 28.1 Å². The summed E-state index contributed by atoms with van der Waals surface area (Å²) in [6.07, 6.45) is 0. The Morgan fingerprint density at radius 1 is 1.40 bits per heavy atom. The Kier molecular flexibility index (Phi) is 3.64. The summed E-state index contributed by atoms with van der Waals surface area (Å²) >= 11 is 3.07. The van der Waals surface area contributed by atoms with Crippen molar-refractivity contribution in [1.82, 2.24) is 15.0 Å². The van der Waals surface area contributed by atoms with E-state index in [0.717, 1.165) is 0 Å². The van der Waals surface area contributed by atoms with Crippen LogP contribution in [0.3, 0.4) is 0 Å². The second-order valence-corrected chi connectivity index (χ2v) is 6.21. The Balaban J connectivity index is 2.68. The first-order chi connectivity index (χ1) is 9.21. The van der Waals surface area contributed by atoms with Gasteiger partial charge in [-0.1, -0.05) is 26.0 Å². The van der Waals surface area contributed by atoms with Crippen LogP contribution in [0.4, 0.5) is 4.39 Å². The fourth-order valence-electron chi connectivity index (χ4n) is 1.90. The zero-order valence-electron chi connectivity index (χ0n) is 11.2. The molecule has 0 spiro atoms. The Labute approximate surface area is 123 Å². The maximum absolute atomic E-state index is 13.6. The van der Waals surface area contributed by atoms with Crippen LogP contribution in [0.5, 0.6) is 0 Å². The van der Waals surface area contributed by atoms with E-state index in [2.05, 4.69) is 26.2 Å². The van der Waals surface area contributed by atoms with Crippen molar-refractivity contribution in [2.75, 3.05) is 0 Å². The maximum atomic E-state index is 13.6. The fraction of sp³-hybridized carbons (Fsp3) is 0.308. The van der Waals surface area contributed by atoms with Crippen molar-refractivity contribution in [2.24, 2.45) is 0 Å². The molecule has 0 fully saturated rings. The molecule has 1 aromatic heterocycles. The third-order valence-electron chi connectivity index (χ3n) is 2.73. The summed E-state index contributed by atoms with van der Waals surface area (Å²) in [6, 6.07) is 4.46. The highest BCUT2D eigenvalue weighted by Gasteiger charge is 2.29. The zero-order chi connectivity index (χ0) is 15.1. The minimum atomic E-state index is -1.15. The molecule has 0 aliphatic heterocycles. The molecular formula is C13H13BrFN3O2. The Morgan fingerprint density at radius 2 is 2.05 bits per heavy atom. The molecule has 2 aromatic rings. The number of aromatic nitrogens is 3. The highest BCUT2D eigenvalue weighted by Crippen LogP contribution is 2.28. The summed E-state index contributed by atoms with van der Waals surface area (Å²) in [7, 11) is 0. The van der Waals surface area contributed by atoms with Crippen LogP contribution in [-0.2, 0) is 5.41 Å². The highest BCUT2D eigenvalue weighted by atomic mass is 79.9. The van der Waals surface area contributed by atoms with E-state index in [9.17, 15) is 14.3 Å². The van der Waals surface area contributed by atoms with Crippen LogP contribution in [0, 0.1) is 5.82 Å². The van der Waals surface area contributed by atoms with Crippen molar-refractivity contribution in [3.63, 3.8) is 0 Å². The van der Waals surface area contributed by atoms with Crippen molar-refractivity contribution in [3.8, 4) is 5.69 Å². The van der Waals surface area contributed by atoms with Crippen LogP contribution >= 0.6 is 15.9 Å². The molecule has 0 amide bonds. The lowest BCUT2D eigenvalue weighted by Gasteiger charge is -2.20. The molecule has 1 aromatic carbocycles. The van der Waals surface area contributed by atoms with Gasteiger partial charge in [0.1, 0.15) is 5.82 Å². The largest absolute Gasteiger partial charge is 0.476 e. The highest BCUT2D eigenvalue weighted by molar-refractivity contribution is 9.10. The number of carbonyl (C=O) groups is 1. The normalized spacial score (nSPS) is 11.7. The predicted octanol–water partition coefficient (Wildman–Crippen LogP) is 3.16. The quantitative estimate of drug-likeness (QED) is 0.910. The summed E-state index contributed by atoms with van der Waals surface area (Å²) in [6.45, 7) is 5.55. The zero-order valence-corrected chi connectivity index (χ0v) is 12.8. The number of carboxylic acid groups (broad SMARTS) is 1. The van der Waals surface area contributed by atoms with Crippen LogP contribution in [0.2, 0.25) is 0 Å². The van der Waals surface area contributed by atoms with Gasteiger partial charge < -0.3 is 5.11 Å². The molecule has 0 radical (unpaired) electrons. The van der Waals surface area contributed by atoms with Crippen LogP contribution in [0.1, 0.15) is 37.0 Å². The van der Waals surface area contributed by atoms with E-state index >= 15 is 0 Å². The molecule has 1 heterocycles. The third-order valence-corrected chi connectivity index (χ3v) is 3.37. The molecule has 0 aliphatic carbocycles. The van der Waals surface area contributed by atoms with E-state index in [1.54, 1.807) is 12.1 Å². The second-order valence-electron chi connectivity index (χ2n) is 5.35. The number of nitrogens with zero attached hydrogens (tertiary/aromatic N) is 3. The van der Waals surface area contributed by atoms with Crippen molar-refractivity contribution < 1.29 is 14.3 Å². The summed E-state index contributed by atoms with van der Waals surface area (Å²) in [4.78, 5) is 11.2. The predicted molar refractivity (Wildman–Crippen MR) is 74.7 cm³/mol. The summed E-state index contributed by atoms with van der Waals surface area (Å²) < 4.78 is 15.3. The first-order valence-electron chi connectivity index (χ1n) is 5.86. The number of carboxylic acids is 1. The smallest absolute Gasteiger partial charge is 0.358 e. The first-order valence-corrected chi connectivity index (χ1v) is 6.66. The SMILES string of the molecule is CC(C)(C)c1c(C(=O)O)nnn1-c1ccc(Br)c(F)c1. The van der Waals surface area contributed by atoms with E-state index < -0.39 is 17.2 Å². The van der Waals surface area contributed by atoms with Gasteiger partial charge >= 0.3 is 5.97 Å². The van der Waals surface area contributed by atoms with Gasteiger partial charge in [-0.15, -0.1) is 5.10 Å². The van der Waals surface area contributed by atoms with Gasteiger partial charge in [-0.25, -0.2) is 13.9 Å². The average Bonchev–Trinajstić information content (AvgIpc) is 2.77. The molecular weight excluding hydrogens is 329 g/mol. The molecule has 0 aliphatic rings. The Bertz CT molecular complexity index is 677. The lowest BCUT2D eigenvalue weighted by atomic mass is 9.90. The van der Waals surface area contributed by atoms with Gasteiger partial charge in [0.2, 0.25) is 0 Å². The van der Waals surface area contributed by atoms with Gasteiger partial charge in [0, 0.05) is 11.5 Å². The van der Waals surface area contributed by atoms with E-state index in [-0.39, 0.29) is 5.69 Å². The van der Waals surface area contributed by atoms with Gasteiger partial charge in [0.25, 0.3) is 0 Å². The standard InChI is InChI=1S/C13H13BrFN3O2/c1-13(2,3)11-10(12(19)20)16-17-18(11)7-4-5-8(14)9(15)6-7/h4-6H,1-3H3,(H,19,20). The second kappa shape index (κ2) is 4.97. The maximum Gasteiger partial charge on any atom is 0.358 e. The lowest BCUT2D eigenvalue weighted by Crippen LogP contribution is -2.21. The number of hydrogen-bond acceptors (Lipinski definition) is 3. The topological polar surface area (TPSA) is 68.0 Å². The minimum Gasteiger partial charge on any atom is -0.476 e. The third kappa shape index (κ3) is 2.58. The van der Waals surface area contributed by atoms with Crippen LogP contribution in [0.15, 0.2) is 22.7 Å². The summed E-state index contributed by atoms with van der Waals surface area (Å²) in [5, 5.41) is 16.7. The van der Waals surface area contributed by atoms with E-state index in [1.165, 1.54) is 10.7 Å². The molecule has 0 saturated heterocycles. The molecule has 20 heavy (non-hydrogen) atoms. The van der Waals surface area contributed by atoms with Crippen LogP contribution < -0.4 is 0 Å². The molecule has 106 valence electrons. The molecule has 2 rings (SSSR count). The average molecular weight is 342 g/mol. The molecule has 7 heteroatoms. The van der Waals surface area contributed by atoms with Crippen molar-refractivity contribution >= 4 is 21.9 Å². The van der Waals surface area contributed by atoms with Gasteiger partial charge in [-0.2, -0.15) is 0 Å². The lowest BCUT2D eigenvalue weighted by molar-refractivity contribution is 0.0687. The number of rotatable bonds is 2. The Hall–Kier alpha value is -1.76. The molecule has 5 nitrogen and oxygen atoms in total. The summed E-state index contributed by atoms with van der Waals surface area (Å²) in [5.74, 6) is -1.60. The first kappa shape index (κ1) is 14.6. The van der Waals surface area contributed by atoms with Crippen molar-refractivity contribution in [2.45, 2.75) is 26.2 Å². The van der Waals surface area contributed by atoms with Gasteiger partial charge in [0.15, 0.2) is 5.69 Å². The summed E-state index contributed by atoms with van der Waals surface area (Å²) in [5.41, 5.74) is 0.226. The fourth-order valence-corrected chi connectivity index (χ4v) is 2.14. The number of aromatic carboxylic acids is 1. The van der Waals surface area contributed by atoms with E-state index in [0.29, 0.717) is 15.9 Å². The number of halogens is 2. The minimum absolute atomic E-state index is 0.124. The molecule has 0 saturated carbocycles. The molecule has 1 N–H and O–H groups in total. The molecule has 0 bridgehead atoms. The van der Waals surface area contributed by atoms with Crippen LogP contribution in [0.25, 0.3) is 5.69 Å². The van der Waals surface area contributed by atoms with E-state index in [1.807, 2.05) is 20.8 Å².